The molecule has 0 heterocycles. The van der Waals surface area contributed by atoms with Crippen LogP contribution in [0.5, 0.6) is 0 Å². The summed E-state index contributed by atoms with van der Waals surface area (Å²) in [5.74, 6) is -0.353. The van der Waals surface area contributed by atoms with Crippen LogP contribution in [-0.2, 0) is 10.0 Å². The van der Waals surface area contributed by atoms with Crippen molar-refractivity contribution in [2.24, 2.45) is 5.73 Å². The zero-order valence-corrected chi connectivity index (χ0v) is 17.5. The van der Waals surface area contributed by atoms with Gasteiger partial charge < -0.3 is 11.1 Å². The molecule has 0 aliphatic heterocycles. The lowest BCUT2D eigenvalue weighted by molar-refractivity contribution is 0.0945. The molecule has 0 radical (unpaired) electrons. The number of sulfonamides is 1. The average molecular weight is 412 g/mol. The van der Waals surface area contributed by atoms with Crippen molar-refractivity contribution in [3.05, 3.63) is 59.2 Å². The lowest BCUT2D eigenvalue weighted by atomic mass is 10.1. The van der Waals surface area contributed by atoms with Gasteiger partial charge >= 0.3 is 0 Å². The largest absolute Gasteiger partial charge is 0.350 e. The Labute approximate surface area is 167 Å². The van der Waals surface area contributed by atoms with Crippen molar-refractivity contribution in [2.75, 3.05) is 11.3 Å². The topological polar surface area (TPSA) is 101 Å². The Morgan fingerprint density at radius 3 is 2.22 bits per heavy atom. The van der Waals surface area contributed by atoms with Crippen LogP contribution in [0.4, 0.5) is 5.69 Å². The van der Waals surface area contributed by atoms with Gasteiger partial charge in [0.25, 0.3) is 15.9 Å². The number of anilines is 1. The van der Waals surface area contributed by atoms with E-state index in [4.69, 9.17) is 5.73 Å². The van der Waals surface area contributed by atoms with Gasteiger partial charge in [-0.05, 0) is 57.5 Å². The molecule has 0 aliphatic rings. The Hall–Kier alpha value is -2.09. The van der Waals surface area contributed by atoms with Gasteiger partial charge in [0, 0.05) is 23.3 Å². The van der Waals surface area contributed by atoms with E-state index in [1.165, 1.54) is 12.1 Å². The number of halogens is 1. The SMILES string of the molecule is Cc1ccc(NS(=O)(=O)c2ccc(C)c(C(=O)NCC(C)(C)N)c2)cc1.Cl. The minimum atomic E-state index is -3.80. The third-order valence-corrected chi connectivity index (χ3v) is 5.15. The molecule has 8 heteroatoms. The molecule has 0 atom stereocenters. The maximum atomic E-state index is 12.6. The molecule has 0 fully saturated rings. The molecule has 0 bridgehead atoms. The number of hydrogen-bond acceptors (Lipinski definition) is 4. The number of carbonyl (C=O) groups is 1. The van der Waals surface area contributed by atoms with Gasteiger partial charge in [0.2, 0.25) is 0 Å². The summed E-state index contributed by atoms with van der Waals surface area (Å²) in [7, 11) is -3.80. The minimum Gasteiger partial charge on any atom is -0.350 e. The first-order valence-electron chi connectivity index (χ1n) is 8.25. The van der Waals surface area contributed by atoms with E-state index in [-0.39, 0.29) is 29.8 Å². The molecule has 2 aromatic carbocycles. The van der Waals surface area contributed by atoms with Gasteiger partial charge in [-0.1, -0.05) is 23.8 Å². The van der Waals surface area contributed by atoms with Crippen LogP contribution in [0.1, 0.15) is 35.3 Å². The third-order valence-electron chi connectivity index (χ3n) is 3.77. The van der Waals surface area contributed by atoms with Crippen LogP contribution in [0.3, 0.4) is 0 Å². The predicted molar refractivity (Wildman–Crippen MR) is 111 cm³/mol. The summed E-state index contributed by atoms with van der Waals surface area (Å²) in [6.07, 6.45) is 0. The maximum Gasteiger partial charge on any atom is 0.261 e. The molecule has 4 N–H and O–H groups in total. The fourth-order valence-electron chi connectivity index (χ4n) is 2.25. The second-order valence-electron chi connectivity index (χ2n) is 7.12. The van der Waals surface area contributed by atoms with Crippen molar-refractivity contribution >= 4 is 34.0 Å². The molecule has 0 spiro atoms. The number of rotatable bonds is 6. The standard InChI is InChI=1S/C19H25N3O3S.ClH/c1-13-5-8-15(9-6-13)22-26(24,25)16-10-7-14(2)17(11-16)18(23)21-12-19(3,4)20;/h5-11,22H,12,20H2,1-4H3,(H,21,23);1H. The number of amides is 1. The van der Waals surface area contributed by atoms with E-state index in [2.05, 4.69) is 10.0 Å². The summed E-state index contributed by atoms with van der Waals surface area (Å²) in [5, 5.41) is 2.74. The molecule has 2 rings (SSSR count). The molecule has 0 aromatic heterocycles. The van der Waals surface area contributed by atoms with Crippen molar-refractivity contribution in [1.82, 2.24) is 5.32 Å². The van der Waals surface area contributed by atoms with Crippen molar-refractivity contribution in [3.63, 3.8) is 0 Å². The molecule has 0 saturated carbocycles. The number of nitrogens with two attached hydrogens (primary N) is 1. The molecule has 6 nitrogen and oxygen atoms in total. The second-order valence-corrected chi connectivity index (χ2v) is 8.80. The molecular weight excluding hydrogens is 386 g/mol. The van der Waals surface area contributed by atoms with Gasteiger partial charge in [-0.15, -0.1) is 12.4 Å². The van der Waals surface area contributed by atoms with Crippen molar-refractivity contribution in [3.8, 4) is 0 Å². The zero-order chi connectivity index (χ0) is 19.5. The van der Waals surface area contributed by atoms with E-state index < -0.39 is 15.6 Å². The van der Waals surface area contributed by atoms with Crippen LogP contribution in [0.15, 0.2) is 47.4 Å². The lowest BCUT2D eigenvalue weighted by Crippen LogP contribution is -2.45. The fourth-order valence-corrected chi connectivity index (χ4v) is 3.34. The predicted octanol–water partition coefficient (Wildman–Crippen LogP) is 2.99. The van der Waals surface area contributed by atoms with Gasteiger partial charge in [-0.3, -0.25) is 9.52 Å². The summed E-state index contributed by atoms with van der Waals surface area (Å²) in [5.41, 5.74) is 7.81. The van der Waals surface area contributed by atoms with Gasteiger partial charge in [0.1, 0.15) is 0 Å². The summed E-state index contributed by atoms with van der Waals surface area (Å²) in [6.45, 7) is 7.56. The smallest absolute Gasteiger partial charge is 0.261 e. The first-order chi connectivity index (χ1) is 12.0. The normalized spacial score (nSPS) is 11.4. The highest BCUT2D eigenvalue weighted by Gasteiger charge is 2.19. The summed E-state index contributed by atoms with van der Waals surface area (Å²) in [6, 6.07) is 11.5. The highest BCUT2D eigenvalue weighted by molar-refractivity contribution is 7.92. The number of hydrogen-bond donors (Lipinski definition) is 3. The molecule has 27 heavy (non-hydrogen) atoms. The number of benzene rings is 2. The van der Waals surface area contributed by atoms with Crippen LogP contribution < -0.4 is 15.8 Å². The Bertz CT molecular complexity index is 905. The third kappa shape index (κ3) is 6.53. The molecule has 148 valence electrons. The van der Waals surface area contributed by atoms with Crippen molar-refractivity contribution in [1.29, 1.82) is 0 Å². The zero-order valence-electron chi connectivity index (χ0n) is 15.9. The second kappa shape index (κ2) is 8.73. The molecular formula is C19H26ClN3O3S. The Kier molecular flexibility index (Phi) is 7.42. The molecule has 2 aromatic rings. The first kappa shape index (κ1) is 23.0. The monoisotopic (exact) mass is 411 g/mol. The van der Waals surface area contributed by atoms with E-state index in [0.29, 0.717) is 16.8 Å². The number of aryl methyl sites for hydroxylation is 2. The average Bonchev–Trinajstić information content (AvgIpc) is 2.54. The quantitative estimate of drug-likeness (QED) is 0.680. The summed E-state index contributed by atoms with van der Waals surface area (Å²) in [4.78, 5) is 12.4. The maximum absolute atomic E-state index is 12.6. The van der Waals surface area contributed by atoms with Crippen LogP contribution in [0.25, 0.3) is 0 Å². The van der Waals surface area contributed by atoms with Crippen LogP contribution in [-0.4, -0.2) is 26.4 Å². The highest BCUT2D eigenvalue weighted by atomic mass is 35.5. The van der Waals surface area contributed by atoms with Gasteiger partial charge in [0.15, 0.2) is 0 Å². The molecule has 0 saturated heterocycles. The van der Waals surface area contributed by atoms with Crippen LogP contribution in [0, 0.1) is 13.8 Å². The Morgan fingerprint density at radius 1 is 1.07 bits per heavy atom. The summed E-state index contributed by atoms with van der Waals surface area (Å²) < 4.78 is 27.8. The van der Waals surface area contributed by atoms with Gasteiger partial charge in [0.05, 0.1) is 4.90 Å². The Balaban J connectivity index is 0.00000364. The van der Waals surface area contributed by atoms with E-state index in [0.717, 1.165) is 5.56 Å². The number of carbonyl (C=O) groups excluding carboxylic acids is 1. The Morgan fingerprint density at radius 2 is 1.67 bits per heavy atom. The first-order valence-corrected chi connectivity index (χ1v) is 9.73. The van der Waals surface area contributed by atoms with E-state index >= 15 is 0 Å². The van der Waals surface area contributed by atoms with Crippen LogP contribution in [0.2, 0.25) is 0 Å². The highest BCUT2D eigenvalue weighted by Crippen LogP contribution is 2.20. The van der Waals surface area contributed by atoms with Crippen LogP contribution >= 0.6 is 12.4 Å². The fraction of sp³-hybridized carbons (Fsp3) is 0.316. The summed E-state index contributed by atoms with van der Waals surface area (Å²) >= 11 is 0. The lowest BCUT2D eigenvalue weighted by Gasteiger charge is -2.19. The van der Waals surface area contributed by atoms with E-state index in [1.807, 2.05) is 19.1 Å². The van der Waals surface area contributed by atoms with Gasteiger partial charge in [-0.25, -0.2) is 8.42 Å². The molecule has 0 aliphatic carbocycles. The van der Waals surface area contributed by atoms with Crippen molar-refractivity contribution in [2.45, 2.75) is 38.1 Å². The minimum absolute atomic E-state index is 0. The van der Waals surface area contributed by atoms with Gasteiger partial charge in [-0.2, -0.15) is 0 Å². The van der Waals surface area contributed by atoms with E-state index in [9.17, 15) is 13.2 Å². The number of nitrogens with one attached hydrogen (secondary N) is 2. The molecule has 0 unspecified atom stereocenters. The van der Waals surface area contributed by atoms with E-state index in [1.54, 1.807) is 39.0 Å². The molecule has 1 amide bonds. The van der Waals surface area contributed by atoms with Crippen molar-refractivity contribution < 1.29 is 13.2 Å².